The van der Waals surface area contributed by atoms with Crippen LogP contribution < -0.4 is 4.90 Å². The Balaban J connectivity index is 1.71. The molecule has 1 atom stereocenters. The molecule has 0 radical (unpaired) electrons. The molecular weight excluding hydrogens is 396 g/mol. The van der Waals surface area contributed by atoms with Gasteiger partial charge in [-0.05, 0) is 23.5 Å². The monoisotopic (exact) mass is 425 g/mol. The third-order valence-corrected chi connectivity index (χ3v) is 7.10. The fourth-order valence-corrected chi connectivity index (χ4v) is 5.82. The van der Waals surface area contributed by atoms with Crippen molar-refractivity contribution in [1.82, 2.24) is 10.2 Å². The van der Waals surface area contributed by atoms with Crippen LogP contribution in [0.15, 0.2) is 35.4 Å². The average Bonchev–Trinajstić information content (AvgIpc) is 3.06. The average molecular weight is 426 g/mol. The summed E-state index contributed by atoms with van der Waals surface area (Å²) in [7, 11) is 3.98. The van der Waals surface area contributed by atoms with E-state index >= 15 is 0 Å². The number of allylic oxidation sites excluding steroid dienone is 2. The maximum Gasteiger partial charge on any atom is 0.249 e. The lowest BCUT2D eigenvalue weighted by atomic mass is 9.63. The topological polar surface area (TPSA) is 49.0 Å². The Kier molecular flexibility index (Phi) is 4.44. The molecule has 0 amide bonds. The van der Waals surface area contributed by atoms with Crippen LogP contribution in [0.4, 0.5) is 14.5 Å². The first kappa shape index (κ1) is 20.4. The standard InChI is InChI=1S/C25H29F2N3O/c1-24(2)10-14-9-17-22(23(29-28-17)15-11-25(26,27)12-15)21(20(14)19(31)13-24)16-7-5-6-8-18(16)30(3)4/h5-8,15,21H,9-13H2,1-4H3,(H,28,29). The van der Waals surface area contributed by atoms with Gasteiger partial charge in [0.05, 0.1) is 5.69 Å². The molecule has 6 heteroatoms. The number of carbonyl (C=O) groups is 1. The van der Waals surface area contributed by atoms with E-state index in [0.717, 1.165) is 40.2 Å². The molecule has 31 heavy (non-hydrogen) atoms. The number of aromatic nitrogens is 2. The van der Waals surface area contributed by atoms with Crippen molar-refractivity contribution in [3.63, 3.8) is 0 Å². The van der Waals surface area contributed by atoms with Crippen LogP contribution in [0.2, 0.25) is 0 Å². The van der Waals surface area contributed by atoms with Crippen LogP contribution in [0.5, 0.6) is 0 Å². The number of Topliss-reactive ketones (excluding diaryl/α,β-unsaturated/α-hetero) is 1. The zero-order valence-electron chi connectivity index (χ0n) is 18.6. The zero-order chi connectivity index (χ0) is 22.1. The number of ketones is 1. The smallest absolute Gasteiger partial charge is 0.249 e. The van der Waals surface area contributed by atoms with E-state index in [4.69, 9.17) is 0 Å². The lowest BCUT2D eigenvalue weighted by Crippen LogP contribution is -2.36. The summed E-state index contributed by atoms with van der Waals surface area (Å²) in [6.07, 6.45) is 1.69. The number of para-hydroxylation sites is 1. The largest absolute Gasteiger partial charge is 0.377 e. The van der Waals surface area contributed by atoms with Crippen molar-refractivity contribution in [2.24, 2.45) is 5.41 Å². The van der Waals surface area contributed by atoms with Crippen LogP contribution in [0.25, 0.3) is 0 Å². The maximum absolute atomic E-state index is 13.7. The maximum atomic E-state index is 13.7. The number of hydrogen-bond acceptors (Lipinski definition) is 3. The molecule has 1 fully saturated rings. The first-order valence-corrected chi connectivity index (χ1v) is 11.0. The van der Waals surface area contributed by atoms with E-state index in [1.54, 1.807) is 0 Å². The lowest BCUT2D eigenvalue weighted by molar-refractivity contribution is -0.118. The number of nitrogens with zero attached hydrogens (tertiary/aromatic N) is 2. The van der Waals surface area contributed by atoms with Gasteiger partial charge < -0.3 is 4.90 Å². The molecule has 5 rings (SSSR count). The van der Waals surface area contributed by atoms with Gasteiger partial charge in [0.25, 0.3) is 0 Å². The van der Waals surface area contributed by atoms with Crippen molar-refractivity contribution in [3.8, 4) is 0 Å². The molecule has 3 aliphatic carbocycles. The van der Waals surface area contributed by atoms with Gasteiger partial charge in [0, 0.05) is 74.1 Å². The van der Waals surface area contributed by atoms with Gasteiger partial charge in [0.1, 0.15) is 0 Å². The van der Waals surface area contributed by atoms with Gasteiger partial charge in [0.15, 0.2) is 5.78 Å². The summed E-state index contributed by atoms with van der Waals surface area (Å²) in [6.45, 7) is 4.28. The molecule has 2 aromatic rings. The number of anilines is 1. The van der Waals surface area contributed by atoms with Crippen LogP contribution in [-0.4, -0.2) is 36.0 Å². The molecule has 0 saturated heterocycles. The fraction of sp³-hybridized carbons (Fsp3) is 0.520. The van der Waals surface area contributed by atoms with Gasteiger partial charge in [0.2, 0.25) is 5.92 Å². The van der Waals surface area contributed by atoms with Crippen LogP contribution in [0, 0.1) is 5.41 Å². The van der Waals surface area contributed by atoms with Crippen molar-refractivity contribution in [1.29, 1.82) is 0 Å². The zero-order valence-corrected chi connectivity index (χ0v) is 18.6. The third-order valence-electron chi connectivity index (χ3n) is 7.10. The molecule has 1 heterocycles. The molecule has 164 valence electrons. The van der Waals surface area contributed by atoms with Crippen molar-refractivity contribution >= 4 is 11.5 Å². The number of nitrogens with one attached hydrogen (secondary N) is 1. The summed E-state index contributed by atoms with van der Waals surface area (Å²) in [5, 5.41) is 7.72. The molecule has 0 spiro atoms. The summed E-state index contributed by atoms with van der Waals surface area (Å²) in [4.78, 5) is 15.5. The Bertz CT molecular complexity index is 1090. The normalized spacial score (nSPS) is 24.5. The van der Waals surface area contributed by atoms with Crippen molar-refractivity contribution < 1.29 is 13.6 Å². The third kappa shape index (κ3) is 3.31. The Morgan fingerprint density at radius 1 is 1.13 bits per heavy atom. The SMILES string of the molecule is CN(C)c1ccccc1C1C2=C(Cc3[nH]nc(C4CC(F)(F)C4)c31)CC(C)(C)CC2=O. The van der Waals surface area contributed by atoms with Gasteiger partial charge >= 0.3 is 0 Å². The molecule has 1 saturated carbocycles. The highest BCUT2D eigenvalue weighted by atomic mass is 19.3. The van der Waals surface area contributed by atoms with E-state index in [0.29, 0.717) is 12.8 Å². The summed E-state index contributed by atoms with van der Waals surface area (Å²) < 4.78 is 27.4. The number of halogens is 2. The van der Waals surface area contributed by atoms with E-state index in [9.17, 15) is 13.6 Å². The van der Waals surface area contributed by atoms with Gasteiger partial charge in [-0.15, -0.1) is 0 Å². The summed E-state index contributed by atoms with van der Waals surface area (Å²) >= 11 is 0. The molecule has 4 nitrogen and oxygen atoms in total. The van der Waals surface area contributed by atoms with Crippen LogP contribution >= 0.6 is 0 Å². The highest BCUT2D eigenvalue weighted by Gasteiger charge is 2.50. The van der Waals surface area contributed by atoms with Crippen LogP contribution in [0.3, 0.4) is 0 Å². The number of H-pyrrole nitrogens is 1. The highest BCUT2D eigenvalue weighted by Crippen LogP contribution is 2.55. The second-order valence-electron chi connectivity index (χ2n) is 10.5. The second kappa shape index (κ2) is 6.75. The minimum absolute atomic E-state index is 0.0715. The van der Waals surface area contributed by atoms with E-state index in [-0.39, 0.29) is 35.9 Å². The van der Waals surface area contributed by atoms with Gasteiger partial charge in [-0.2, -0.15) is 5.10 Å². The van der Waals surface area contributed by atoms with Crippen molar-refractivity contribution in [2.75, 3.05) is 19.0 Å². The van der Waals surface area contributed by atoms with Gasteiger partial charge in [-0.1, -0.05) is 37.6 Å². The summed E-state index contributed by atoms with van der Waals surface area (Å²) in [5.41, 5.74) is 6.71. The van der Waals surface area contributed by atoms with Crippen molar-refractivity contribution in [3.05, 3.63) is 57.9 Å². The van der Waals surface area contributed by atoms with E-state index in [1.807, 2.05) is 26.2 Å². The van der Waals surface area contributed by atoms with E-state index in [2.05, 4.69) is 41.1 Å². The first-order chi connectivity index (χ1) is 14.6. The number of fused-ring (bicyclic) bond motifs is 1. The predicted molar refractivity (Wildman–Crippen MR) is 117 cm³/mol. The Labute approximate surface area is 181 Å². The Morgan fingerprint density at radius 3 is 2.52 bits per heavy atom. The Hall–Kier alpha value is -2.50. The van der Waals surface area contributed by atoms with Crippen LogP contribution in [0.1, 0.15) is 73.9 Å². The molecule has 1 N–H and O–H groups in total. The summed E-state index contributed by atoms with van der Waals surface area (Å²) in [5.74, 6) is -2.95. The molecule has 1 aromatic carbocycles. The first-order valence-electron chi connectivity index (χ1n) is 11.0. The van der Waals surface area contributed by atoms with Crippen molar-refractivity contribution in [2.45, 2.75) is 63.7 Å². The molecule has 0 aliphatic heterocycles. The fourth-order valence-electron chi connectivity index (χ4n) is 5.82. The molecule has 3 aliphatic rings. The number of alkyl halides is 2. The molecule has 1 aromatic heterocycles. The number of aromatic amines is 1. The number of hydrogen-bond donors (Lipinski definition) is 1. The number of carbonyl (C=O) groups excluding carboxylic acids is 1. The molecular formula is C25H29F2N3O. The van der Waals surface area contributed by atoms with Gasteiger partial charge in [-0.25, -0.2) is 8.78 Å². The second-order valence-corrected chi connectivity index (χ2v) is 10.5. The minimum atomic E-state index is -2.61. The van der Waals surface area contributed by atoms with Gasteiger partial charge in [-0.3, -0.25) is 9.89 Å². The van der Waals surface area contributed by atoms with E-state index < -0.39 is 5.92 Å². The molecule has 1 unspecified atom stereocenters. The number of benzene rings is 1. The highest BCUT2D eigenvalue weighted by molar-refractivity contribution is 6.00. The molecule has 0 bridgehead atoms. The Morgan fingerprint density at radius 2 is 1.84 bits per heavy atom. The van der Waals surface area contributed by atoms with E-state index in [1.165, 1.54) is 5.57 Å². The van der Waals surface area contributed by atoms with Crippen LogP contribution in [-0.2, 0) is 11.2 Å². The predicted octanol–water partition coefficient (Wildman–Crippen LogP) is 5.36. The number of rotatable bonds is 3. The summed E-state index contributed by atoms with van der Waals surface area (Å²) in [6, 6.07) is 8.11. The lowest BCUT2D eigenvalue weighted by Gasteiger charge is -2.40. The minimum Gasteiger partial charge on any atom is -0.377 e. The quantitative estimate of drug-likeness (QED) is 0.720.